The molecule has 3 rings (SSSR count). The highest BCUT2D eigenvalue weighted by Gasteiger charge is 2.28. The first-order valence-corrected chi connectivity index (χ1v) is 11.4. The van der Waals surface area contributed by atoms with E-state index in [9.17, 15) is 18.0 Å². The van der Waals surface area contributed by atoms with Gasteiger partial charge in [0.25, 0.3) is 5.91 Å². The van der Waals surface area contributed by atoms with Crippen LogP contribution in [0.2, 0.25) is 0 Å². The molecule has 2 aromatic carbocycles. The number of nitrogens with zero attached hydrogens (tertiary/aromatic N) is 1. The molecule has 1 N–H and O–H groups in total. The van der Waals surface area contributed by atoms with Crippen LogP contribution in [-0.4, -0.2) is 44.3 Å². The molecule has 0 saturated carbocycles. The fraction of sp³-hybridized carbons (Fsp3) is 0.364. The third-order valence-electron chi connectivity index (χ3n) is 5.15. The summed E-state index contributed by atoms with van der Waals surface area (Å²) in [4.78, 5) is 25.0. The maximum Gasteiger partial charge on any atom is 0.340 e. The highest BCUT2D eigenvalue weighted by Crippen LogP contribution is 2.24. The zero-order valence-electron chi connectivity index (χ0n) is 17.1. The van der Waals surface area contributed by atoms with Crippen molar-refractivity contribution in [3.05, 3.63) is 59.7 Å². The van der Waals surface area contributed by atoms with E-state index in [2.05, 4.69) is 12.2 Å². The second-order valence-corrected chi connectivity index (χ2v) is 9.27. The number of rotatable bonds is 6. The average molecular weight is 431 g/mol. The summed E-state index contributed by atoms with van der Waals surface area (Å²) in [6.45, 7) is 4.99. The van der Waals surface area contributed by atoms with E-state index in [0.717, 1.165) is 12.8 Å². The van der Waals surface area contributed by atoms with Gasteiger partial charge in [-0.05, 0) is 56.0 Å². The summed E-state index contributed by atoms with van der Waals surface area (Å²) >= 11 is 0. The van der Waals surface area contributed by atoms with Crippen molar-refractivity contribution in [3.63, 3.8) is 0 Å². The fourth-order valence-corrected chi connectivity index (χ4v) is 4.86. The molecule has 1 amide bonds. The molecule has 1 heterocycles. The van der Waals surface area contributed by atoms with Crippen LogP contribution < -0.4 is 5.32 Å². The number of carbonyl (C=O) groups is 2. The summed E-state index contributed by atoms with van der Waals surface area (Å²) in [5, 5.41) is 2.68. The minimum atomic E-state index is -3.66. The predicted octanol–water partition coefficient (Wildman–Crippen LogP) is 3.54. The van der Waals surface area contributed by atoms with Gasteiger partial charge in [0.05, 0.1) is 22.8 Å². The van der Waals surface area contributed by atoms with Gasteiger partial charge < -0.3 is 10.1 Å². The largest absolute Gasteiger partial charge is 0.462 e. The number of ether oxygens (including phenoxy) is 1. The van der Waals surface area contributed by atoms with E-state index in [1.165, 1.54) is 16.4 Å². The number of para-hydroxylation sites is 1. The normalized spacial score (nSPS) is 15.5. The molecular formula is C22H26N2O5S. The Morgan fingerprint density at radius 3 is 2.50 bits per heavy atom. The molecule has 0 unspecified atom stereocenters. The number of hydrogen-bond acceptors (Lipinski definition) is 5. The van der Waals surface area contributed by atoms with Gasteiger partial charge in [0, 0.05) is 18.7 Å². The molecule has 0 atom stereocenters. The number of esters is 1. The number of hydrogen-bond donors (Lipinski definition) is 1. The van der Waals surface area contributed by atoms with Crippen LogP contribution in [0, 0.1) is 5.92 Å². The molecule has 1 aliphatic rings. The smallest absolute Gasteiger partial charge is 0.340 e. The summed E-state index contributed by atoms with van der Waals surface area (Å²) in [7, 11) is -3.66. The second-order valence-electron chi connectivity index (χ2n) is 7.33. The fourth-order valence-electron chi connectivity index (χ4n) is 3.35. The van der Waals surface area contributed by atoms with Gasteiger partial charge in [0.15, 0.2) is 0 Å². The Kier molecular flexibility index (Phi) is 6.89. The van der Waals surface area contributed by atoms with Crippen molar-refractivity contribution in [2.45, 2.75) is 31.6 Å². The number of anilines is 1. The number of amides is 1. The van der Waals surface area contributed by atoms with Crippen molar-refractivity contribution in [3.8, 4) is 0 Å². The minimum Gasteiger partial charge on any atom is -0.462 e. The molecule has 0 radical (unpaired) electrons. The lowest BCUT2D eigenvalue weighted by atomic mass is 10.0. The SMILES string of the molecule is CCOC(=O)c1ccccc1NC(=O)c1cccc(S(=O)(=O)N2CCC(C)CC2)c1. The van der Waals surface area contributed by atoms with Crippen LogP contribution >= 0.6 is 0 Å². The average Bonchev–Trinajstić information content (AvgIpc) is 2.74. The van der Waals surface area contributed by atoms with Crippen molar-refractivity contribution in [1.29, 1.82) is 0 Å². The summed E-state index contributed by atoms with van der Waals surface area (Å²) in [6, 6.07) is 12.5. The van der Waals surface area contributed by atoms with E-state index in [4.69, 9.17) is 4.74 Å². The molecular weight excluding hydrogens is 404 g/mol. The van der Waals surface area contributed by atoms with Gasteiger partial charge >= 0.3 is 5.97 Å². The van der Waals surface area contributed by atoms with Gasteiger partial charge in [-0.25, -0.2) is 13.2 Å². The van der Waals surface area contributed by atoms with Gasteiger partial charge in [-0.15, -0.1) is 0 Å². The summed E-state index contributed by atoms with van der Waals surface area (Å²) in [5.74, 6) is -0.534. The van der Waals surface area contributed by atoms with Gasteiger partial charge in [0.2, 0.25) is 10.0 Å². The molecule has 1 fully saturated rings. The highest BCUT2D eigenvalue weighted by molar-refractivity contribution is 7.89. The van der Waals surface area contributed by atoms with Gasteiger partial charge in [-0.1, -0.05) is 25.1 Å². The number of piperidine rings is 1. The Balaban J connectivity index is 1.81. The number of carbonyl (C=O) groups excluding carboxylic acids is 2. The molecule has 1 saturated heterocycles. The Morgan fingerprint density at radius 2 is 1.80 bits per heavy atom. The van der Waals surface area contributed by atoms with E-state index in [-0.39, 0.29) is 22.6 Å². The number of sulfonamides is 1. The summed E-state index contributed by atoms with van der Waals surface area (Å²) < 4.78 is 32.4. The lowest BCUT2D eigenvalue weighted by molar-refractivity contribution is 0.0527. The quantitative estimate of drug-likeness (QED) is 0.708. The van der Waals surface area contributed by atoms with Crippen molar-refractivity contribution in [1.82, 2.24) is 4.31 Å². The zero-order valence-corrected chi connectivity index (χ0v) is 17.9. The van der Waals surface area contributed by atoms with E-state index >= 15 is 0 Å². The van der Waals surface area contributed by atoms with E-state index in [1.54, 1.807) is 43.3 Å². The van der Waals surface area contributed by atoms with Gasteiger partial charge in [-0.2, -0.15) is 4.31 Å². The van der Waals surface area contributed by atoms with E-state index in [0.29, 0.717) is 24.7 Å². The third-order valence-corrected chi connectivity index (χ3v) is 7.04. The predicted molar refractivity (Wildman–Crippen MR) is 114 cm³/mol. The molecule has 7 nitrogen and oxygen atoms in total. The Bertz CT molecular complexity index is 1030. The highest BCUT2D eigenvalue weighted by atomic mass is 32.2. The second kappa shape index (κ2) is 9.40. The van der Waals surface area contributed by atoms with Gasteiger partial charge in [-0.3, -0.25) is 4.79 Å². The van der Waals surface area contributed by atoms with Crippen molar-refractivity contribution in [2.75, 3.05) is 25.0 Å². The summed E-state index contributed by atoms with van der Waals surface area (Å²) in [6.07, 6.45) is 1.65. The first-order chi connectivity index (χ1) is 14.3. The van der Waals surface area contributed by atoms with Gasteiger partial charge in [0.1, 0.15) is 0 Å². The van der Waals surface area contributed by atoms with Crippen molar-refractivity contribution >= 4 is 27.6 Å². The molecule has 160 valence electrons. The molecule has 30 heavy (non-hydrogen) atoms. The minimum absolute atomic E-state index is 0.0865. The lowest BCUT2D eigenvalue weighted by Gasteiger charge is -2.29. The number of nitrogens with one attached hydrogen (secondary N) is 1. The topological polar surface area (TPSA) is 92.8 Å². The summed E-state index contributed by atoms with van der Waals surface area (Å²) in [5.41, 5.74) is 0.734. The van der Waals surface area contributed by atoms with Crippen molar-refractivity contribution in [2.24, 2.45) is 5.92 Å². The van der Waals surface area contributed by atoms with E-state index < -0.39 is 21.9 Å². The molecule has 1 aliphatic heterocycles. The molecule has 0 aliphatic carbocycles. The van der Waals surface area contributed by atoms with Crippen LogP contribution in [0.5, 0.6) is 0 Å². The Morgan fingerprint density at radius 1 is 1.10 bits per heavy atom. The molecule has 0 spiro atoms. The lowest BCUT2D eigenvalue weighted by Crippen LogP contribution is -2.37. The van der Waals surface area contributed by atoms with Crippen LogP contribution in [0.15, 0.2) is 53.4 Å². The monoisotopic (exact) mass is 430 g/mol. The van der Waals surface area contributed by atoms with Crippen LogP contribution in [-0.2, 0) is 14.8 Å². The van der Waals surface area contributed by atoms with Crippen LogP contribution in [0.25, 0.3) is 0 Å². The standard InChI is InChI=1S/C22H26N2O5S/c1-3-29-22(26)19-9-4-5-10-20(19)23-21(25)17-7-6-8-18(15-17)30(27,28)24-13-11-16(2)12-14-24/h4-10,15-16H,3,11-14H2,1-2H3,(H,23,25). The Labute approximate surface area is 177 Å². The maximum atomic E-state index is 13.0. The molecule has 2 aromatic rings. The first kappa shape index (κ1) is 22.0. The number of benzene rings is 2. The third kappa shape index (κ3) is 4.88. The maximum absolute atomic E-state index is 13.0. The zero-order chi connectivity index (χ0) is 21.7. The van der Waals surface area contributed by atoms with Crippen LogP contribution in [0.1, 0.15) is 47.4 Å². The van der Waals surface area contributed by atoms with E-state index in [1.807, 2.05) is 0 Å². The Hall–Kier alpha value is -2.71. The van der Waals surface area contributed by atoms with Crippen LogP contribution in [0.3, 0.4) is 0 Å². The molecule has 0 bridgehead atoms. The first-order valence-electron chi connectivity index (χ1n) is 10.0. The van der Waals surface area contributed by atoms with Crippen LogP contribution in [0.4, 0.5) is 5.69 Å². The van der Waals surface area contributed by atoms with Crippen molar-refractivity contribution < 1.29 is 22.7 Å². The molecule has 0 aromatic heterocycles. The molecule has 8 heteroatoms.